The van der Waals surface area contributed by atoms with Crippen molar-refractivity contribution < 1.29 is 4.74 Å². The second kappa shape index (κ2) is 4.92. The summed E-state index contributed by atoms with van der Waals surface area (Å²) in [6, 6.07) is 1.43. The van der Waals surface area contributed by atoms with Crippen LogP contribution in [0.15, 0.2) is 23.3 Å². The zero-order valence-corrected chi connectivity index (χ0v) is 9.80. The van der Waals surface area contributed by atoms with Gasteiger partial charge in [0, 0.05) is 25.9 Å². The van der Waals surface area contributed by atoms with Crippen molar-refractivity contribution in [1.82, 2.24) is 19.7 Å². The van der Waals surface area contributed by atoms with Crippen molar-refractivity contribution in [3.8, 4) is 11.4 Å². The smallest absolute Gasteiger partial charge is 0.251 e. The van der Waals surface area contributed by atoms with Crippen molar-refractivity contribution in [2.24, 2.45) is 0 Å². The Hall–Kier alpha value is -1.95. The van der Waals surface area contributed by atoms with Gasteiger partial charge in [0.25, 0.3) is 5.56 Å². The summed E-state index contributed by atoms with van der Waals surface area (Å²) >= 11 is 0. The summed E-state index contributed by atoms with van der Waals surface area (Å²) in [4.78, 5) is 18.4. The van der Waals surface area contributed by atoms with Gasteiger partial charge in [-0.15, -0.1) is 0 Å². The monoisotopic (exact) mass is 234 g/mol. The second-order valence-electron chi connectivity index (χ2n) is 3.60. The lowest BCUT2D eigenvalue weighted by atomic mass is 10.3. The molecular formula is C11H14N4O2. The number of hydrogen-bond acceptors (Lipinski definition) is 4. The summed E-state index contributed by atoms with van der Waals surface area (Å²) < 4.78 is 6.74. The van der Waals surface area contributed by atoms with Crippen LogP contribution in [0.3, 0.4) is 0 Å². The summed E-state index contributed by atoms with van der Waals surface area (Å²) in [6.07, 6.45) is 3.52. The molecule has 0 spiro atoms. The summed E-state index contributed by atoms with van der Waals surface area (Å²) in [5.41, 5.74) is 1.21. The molecule has 0 radical (unpaired) electrons. The molecule has 6 nitrogen and oxygen atoms in total. The number of ether oxygens (including phenoxy) is 1. The molecule has 90 valence electrons. The van der Waals surface area contributed by atoms with Crippen LogP contribution in [0.5, 0.6) is 0 Å². The molecule has 0 amide bonds. The normalized spacial score (nSPS) is 10.7. The van der Waals surface area contributed by atoms with E-state index in [-0.39, 0.29) is 5.56 Å². The van der Waals surface area contributed by atoms with Crippen LogP contribution in [0.4, 0.5) is 0 Å². The summed E-state index contributed by atoms with van der Waals surface area (Å²) in [5, 5.41) is 4.14. The molecule has 0 saturated carbocycles. The molecule has 2 heterocycles. The van der Waals surface area contributed by atoms with Gasteiger partial charge in [0.15, 0.2) is 0 Å². The van der Waals surface area contributed by atoms with Crippen molar-refractivity contribution in [2.45, 2.75) is 20.1 Å². The Labute approximate surface area is 98.3 Å². The lowest BCUT2D eigenvalue weighted by Crippen LogP contribution is -2.10. The SMILES string of the molecule is CCn1cc(-c2nc(COC)cc(=O)[nH]2)cn1. The molecule has 1 N–H and O–H groups in total. The number of H-pyrrole nitrogens is 1. The van der Waals surface area contributed by atoms with Gasteiger partial charge in [0.1, 0.15) is 5.82 Å². The Bertz CT molecular complexity index is 559. The minimum absolute atomic E-state index is 0.189. The fourth-order valence-electron chi connectivity index (χ4n) is 1.53. The molecular weight excluding hydrogens is 220 g/mol. The van der Waals surface area contributed by atoms with Gasteiger partial charge in [-0.25, -0.2) is 4.98 Å². The molecule has 0 aliphatic carbocycles. The molecule has 0 saturated heterocycles. The minimum Gasteiger partial charge on any atom is -0.378 e. The van der Waals surface area contributed by atoms with Crippen LogP contribution in [0.2, 0.25) is 0 Å². The summed E-state index contributed by atoms with van der Waals surface area (Å²) in [7, 11) is 1.57. The number of nitrogens with zero attached hydrogens (tertiary/aromatic N) is 3. The molecule has 2 rings (SSSR count). The Morgan fingerprint density at radius 2 is 2.35 bits per heavy atom. The van der Waals surface area contributed by atoms with Crippen LogP contribution < -0.4 is 5.56 Å². The number of aromatic nitrogens is 4. The second-order valence-corrected chi connectivity index (χ2v) is 3.60. The molecule has 2 aromatic rings. The van der Waals surface area contributed by atoms with Gasteiger partial charge >= 0.3 is 0 Å². The molecule has 0 aromatic carbocycles. The van der Waals surface area contributed by atoms with E-state index in [1.165, 1.54) is 6.07 Å². The van der Waals surface area contributed by atoms with Gasteiger partial charge < -0.3 is 9.72 Å². The van der Waals surface area contributed by atoms with Gasteiger partial charge in [-0.3, -0.25) is 9.48 Å². The maximum atomic E-state index is 11.5. The van der Waals surface area contributed by atoms with Gasteiger partial charge in [-0.1, -0.05) is 0 Å². The predicted octanol–water partition coefficient (Wildman–Crippen LogP) is 0.800. The van der Waals surface area contributed by atoms with E-state index in [0.29, 0.717) is 18.1 Å². The maximum absolute atomic E-state index is 11.5. The highest BCUT2D eigenvalue weighted by molar-refractivity contribution is 5.51. The average molecular weight is 234 g/mol. The fraction of sp³-hybridized carbons (Fsp3) is 0.364. The number of hydrogen-bond donors (Lipinski definition) is 1. The van der Waals surface area contributed by atoms with Crippen molar-refractivity contribution >= 4 is 0 Å². The molecule has 0 aliphatic rings. The molecule has 6 heteroatoms. The molecule has 0 fully saturated rings. The lowest BCUT2D eigenvalue weighted by Gasteiger charge is -2.01. The van der Waals surface area contributed by atoms with Gasteiger partial charge in [0.05, 0.1) is 24.1 Å². The van der Waals surface area contributed by atoms with Crippen LogP contribution in [0.25, 0.3) is 11.4 Å². The molecule has 17 heavy (non-hydrogen) atoms. The van der Waals surface area contributed by atoms with E-state index in [4.69, 9.17) is 4.74 Å². The molecule has 0 bridgehead atoms. The highest BCUT2D eigenvalue weighted by Gasteiger charge is 2.06. The first-order chi connectivity index (χ1) is 8.22. The summed E-state index contributed by atoms with van der Waals surface area (Å²) in [6.45, 7) is 3.09. The van der Waals surface area contributed by atoms with Gasteiger partial charge in [0.2, 0.25) is 0 Å². The third-order valence-corrected chi connectivity index (χ3v) is 2.32. The maximum Gasteiger partial charge on any atom is 0.251 e. The topological polar surface area (TPSA) is 72.8 Å². The first kappa shape index (κ1) is 11.5. The van der Waals surface area contributed by atoms with E-state index in [1.54, 1.807) is 18.0 Å². The zero-order chi connectivity index (χ0) is 12.3. The highest BCUT2D eigenvalue weighted by Crippen LogP contribution is 2.12. The Balaban J connectivity index is 2.40. The van der Waals surface area contributed by atoms with Crippen LogP contribution in [-0.4, -0.2) is 26.9 Å². The Kier molecular flexibility index (Phi) is 3.34. The third-order valence-electron chi connectivity index (χ3n) is 2.32. The van der Waals surface area contributed by atoms with E-state index in [1.807, 2.05) is 13.1 Å². The van der Waals surface area contributed by atoms with Crippen LogP contribution >= 0.6 is 0 Å². The minimum atomic E-state index is -0.189. The fourth-order valence-corrected chi connectivity index (χ4v) is 1.53. The predicted molar refractivity (Wildman–Crippen MR) is 62.5 cm³/mol. The lowest BCUT2D eigenvalue weighted by molar-refractivity contribution is 0.181. The van der Waals surface area contributed by atoms with Crippen molar-refractivity contribution in [1.29, 1.82) is 0 Å². The Morgan fingerprint density at radius 1 is 1.53 bits per heavy atom. The van der Waals surface area contributed by atoms with Crippen LogP contribution in [-0.2, 0) is 17.9 Å². The van der Waals surface area contributed by atoms with Crippen LogP contribution in [0, 0.1) is 0 Å². The van der Waals surface area contributed by atoms with E-state index in [9.17, 15) is 4.79 Å². The molecule has 0 atom stereocenters. The van der Waals surface area contributed by atoms with E-state index in [0.717, 1.165) is 12.1 Å². The highest BCUT2D eigenvalue weighted by atomic mass is 16.5. The van der Waals surface area contributed by atoms with E-state index >= 15 is 0 Å². The quantitative estimate of drug-likeness (QED) is 0.849. The van der Waals surface area contributed by atoms with Gasteiger partial charge in [-0.2, -0.15) is 5.10 Å². The molecule has 2 aromatic heterocycles. The average Bonchev–Trinajstić information content (AvgIpc) is 2.77. The van der Waals surface area contributed by atoms with Crippen molar-refractivity contribution in [3.63, 3.8) is 0 Å². The zero-order valence-electron chi connectivity index (χ0n) is 9.80. The van der Waals surface area contributed by atoms with E-state index < -0.39 is 0 Å². The number of rotatable bonds is 4. The Morgan fingerprint density at radius 3 is 3.00 bits per heavy atom. The van der Waals surface area contributed by atoms with Crippen molar-refractivity contribution in [2.75, 3.05) is 7.11 Å². The van der Waals surface area contributed by atoms with Gasteiger partial charge in [-0.05, 0) is 6.92 Å². The first-order valence-electron chi connectivity index (χ1n) is 5.35. The molecule has 0 unspecified atom stereocenters. The van der Waals surface area contributed by atoms with E-state index in [2.05, 4.69) is 15.1 Å². The largest absolute Gasteiger partial charge is 0.378 e. The third kappa shape index (κ3) is 2.59. The molecule has 0 aliphatic heterocycles. The van der Waals surface area contributed by atoms with Crippen molar-refractivity contribution in [3.05, 3.63) is 34.5 Å². The number of aryl methyl sites for hydroxylation is 1. The first-order valence-corrected chi connectivity index (χ1v) is 5.35. The van der Waals surface area contributed by atoms with Crippen LogP contribution in [0.1, 0.15) is 12.6 Å². The summed E-state index contributed by atoms with van der Waals surface area (Å²) in [5.74, 6) is 0.518. The standard InChI is InChI=1S/C11H14N4O2/c1-3-15-6-8(5-12-15)11-13-9(7-17-2)4-10(16)14-11/h4-6H,3,7H2,1-2H3,(H,13,14,16). The number of methoxy groups -OCH3 is 1. The number of aromatic amines is 1. The number of nitrogens with one attached hydrogen (secondary N) is 1.